The van der Waals surface area contributed by atoms with E-state index in [2.05, 4.69) is 0 Å². The number of fused-ring (bicyclic) bond motifs is 2. The molecule has 2 saturated carbocycles. The van der Waals surface area contributed by atoms with Crippen LogP contribution >= 0.6 is 0 Å². The standard InChI is InChI=1S/C22H32N2O4/c1-21(2,3)28-20(26)24(19(25)27-15-17-7-5-4-6-8-17)18(14-23)22-11-9-16(13-22)10-12-22/h4-8,16,18H,9-15,23H2,1-3H3. The second-order valence-electron chi connectivity index (χ2n) is 9.15. The van der Waals surface area contributed by atoms with Crippen LogP contribution < -0.4 is 5.73 Å². The zero-order valence-electron chi connectivity index (χ0n) is 17.1. The van der Waals surface area contributed by atoms with Gasteiger partial charge in [-0.1, -0.05) is 30.3 Å². The van der Waals surface area contributed by atoms with E-state index in [0.29, 0.717) is 5.92 Å². The molecule has 2 aliphatic rings. The van der Waals surface area contributed by atoms with Gasteiger partial charge >= 0.3 is 12.2 Å². The van der Waals surface area contributed by atoms with Gasteiger partial charge in [0, 0.05) is 6.54 Å². The fraction of sp³-hybridized carbons (Fsp3) is 0.636. The fourth-order valence-corrected chi connectivity index (χ4v) is 4.76. The maximum Gasteiger partial charge on any atom is 0.420 e. The highest BCUT2D eigenvalue weighted by molar-refractivity contribution is 5.88. The van der Waals surface area contributed by atoms with Crippen molar-refractivity contribution in [1.29, 1.82) is 0 Å². The summed E-state index contributed by atoms with van der Waals surface area (Å²) in [4.78, 5) is 27.2. The number of nitrogens with two attached hydrogens (primary N) is 1. The predicted molar refractivity (Wildman–Crippen MR) is 107 cm³/mol. The average Bonchev–Trinajstić information content (AvgIpc) is 3.25. The van der Waals surface area contributed by atoms with E-state index >= 15 is 0 Å². The summed E-state index contributed by atoms with van der Waals surface area (Å²) in [5.41, 5.74) is 6.17. The maximum atomic E-state index is 13.0. The lowest BCUT2D eigenvalue weighted by Crippen LogP contribution is -2.56. The Hall–Kier alpha value is -2.08. The lowest BCUT2D eigenvalue weighted by molar-refractivity contribution is -0.00495. The Morgan fingerprint density at radius 2 is 1.82 bits per heavy atom. The van der Waals surface area contributed by atoms with E-state index in [-0.39, 0.29) is 18.6 Å². The third kappa shape index (κ3) is 4.49. The van der Waals surface area contributed by atoms with Crippen LogP contribution in [0.2, 0.25) is 0 Å². The van der Waals surface area contributed by atoms with Crippen molar-refractivity contribution in [1.82, 2.24) is 4.90 Å². The molecule has 154 valence electrons. The van der Waals surface area contributed by atoms with Crippen LogP contribution in [0.25, 0.3) is 0 Å². The van der Waals surface area contributed by atoms with Crippen molar-refractivity contribution < 1.29 is 19.1 Å². The SMILES string of the molecule is CC(C)(C)OC(=O)N(C(=O)OCc1ccccc1)C(CN)C12CCC(CC1)C2. The topological polar surface area (TPSA) is 81.9 Å². The van der Waals surface area contributed by atoms with Gasteiger partial charge in [0.05, 0.1) is 6.04 Å². The molecule has 2 aliphatic carbocycles. The van der Waals surface area contributed by atoms with E-state index in [4.69, 9.17) is 15.2 Å². The number of hydrogen-bond acceptors (Lipinski definition) is 5. The van der Waals surface area contributed by atoms with Crippen LogP contribution in [0.4, 0.5) is 9.59 Å². The third-order valence-corrected chi connectivity index (χ3v) is 6.03. The smallest absolute Gasteiger partial charge is 0.420 e. The molecule has 2 fully saturated rings. The van der Waals surface area contributed by atoms with Gasteiger partial charge < -0.3 is 15.2 Å². The van der Waals surface area contributed by atoms with Crippen molar-refractivity contribution in [2.45, 2.75) is 71.1 Å². The van der Waals surface area contributed by atoms with Crippen LogP contribution in [0.1, 0.15) is 58.4 Å². The Morgan fingerprint density at radius 1 is 1.18 bits per heavy atom. The van der Waals surface area contributed by atoms with E-state index in [0.717, 1.165) is 42.6 Å². The second kappa shape index (κ2) is 8.11. The van der Waals surface area contributed by atoms with Gasteiger partial charge in [0.25, 0.3) is 0 Å². The van der Waals surface area contributed by atoms with Gasteiger partial charge in [-0.25, -0.2) is 14.5 Å². The predicted octanol–water partition coefficient (Wildman–Crippen LogP) is 4.47. The molecule has 0 spiro atoms. The monoisotopic (exact) mass is 388 g/mol. The van der Waals surface area contributed by atoms with E-state index in [9.17, 15) is 9.59 Å². The van der Waals surface area contributed by atoms with Gasteiger partial charge in [0.15, 0.2) is 0 Å². The Morgan fingerprint density at radius 3 is 2.32 bits per heavy atom. The zero-order chi connectivity index (χ0) is 20.4. The number of imide groups is 1. The van der Waals surface area contributed by atoms with Crippen molar-refractivity contribution in [3.63, 3.8) is 0 Å². The van der Waals surface area contributed by atoms with Crippen LogP contribution in [-0.4, -0.2) is 35.3 Å². The molecule has 28 heavy (non-hydrogen) atoms. The first-order chi connectivity index (χ1) is 13.2. The van der Waals surface area contributed by atoms with Crippen molar-refractivity contribution in [2.75, 3.05) is 6.54 Å². The van der Waals surface area contributed by atoms with E-state index < -0.39 is 23.8 Å². The summed E-state index contributed by atoms with van der Waals surface area (Å²) in [5, 5.41) is 0. The normalized spacial score (nSPS) is 24.6. The molecule has 2 N–H and O–H groups in total. The summed E-state index contributed by atoms with van der Waals surface area (Å²) in [5.74, 6) is 0.676. The van der Waals surface area contributed by atoms with E-state index in [1.807, 2.05) is 30.3 Å². The number of benzene rings is 1. The summed E-state index contributed by atoms with van der Waals surface area (Å²) in [6.07, 6.45) is 3.91. The van der Waals surface area contributed by atoms with Crippen molar-refractivity contribution in [3.8, 4) is 0 Å². The van der Waals surface area contributed by atoms with Gasteiger partial charge in [-0.2, -0.15) is 0 Å². The average molecular weight is 389 g/mol. The third-order valence-electron chi connectivity index (χ3n) is 6.03. The molecule has 1 aromatic carbocycles. The van der Waals surface area contributed by atoms with Crippen molar-refractivity contribution in [2.24, 2.45) is 17.1 Å². The molecule has 1 atom stereocenters. The highest BCUT2D eigenvalue weighted by atomic mass is 16.6. The minimum Gasteiger partial charge on any atom is -0.444 e. The Bertz CT molecular complexity index is 690. The summed E-state index contributed by atoms with van der Waals surface area (Å²) < 4.78 is 11.1. The zero-order valence-corrected chi connectivity index (χ0v) is 17.1. The molecule has 0 aromatic heterocycles. The Labute approximate surface area is 167 Å². The number of amides is 2. The maximum absolute atomic E-state index is 13.0. The van der Waals surface area contributed by atoms with E-state index in [1.165, 1.54) is 0 Å². The lowest BCUT2D eigenvalue weighted by atomic mass is 9.76. The van der Waals surface area contributed by atoms with Crippen LogP contribution in [0, 0.1) is 11.3 Å². The highest BCUT2D eigenvalue weighted by Crippen LogP contribution is 2.57. The van der Waals surface area contributed by atoms with Crippen LogP contribution in [-0.2, 0) is 16.1 Å². The molecular formula is C22H32N2O4. The molecule has 3 rings (SSSR count). The highest BCUT2D eigenvalue weighted by Gasteiger charge is 2.54. The molecule has 2 amide bonds. The molecule has 1 aromatic rings. The number of nitrogens with zero attached hydrogens (tertiary/aromatic N) is 1. The molecule has 2 bridgehead atoms. The quantitative estimate of drug-likeness (QED) is 0.805. The number of carbonyl (C=O) groups is 2. The molecule has 1 unspecified atom stereocenters. The van der Waals surface area contributed by atoms with Crippen molar-refractivity contribution in [3.05, 3.63) is 35.9 Å². The van der Waals surface area contributed by atoms with Gasteiger partial charge in [-0.05, 0) is 69.8 Å². The van der Waals surface area contributed by atoms with Crippen LogP contribution in [0.3, 0.4) is 0 Å². The van der Waals surface area contributed by atoms with E-state index in [1.54, 1.807) is 20.8 Å². The molecule has 6 nitrogen and oxygen atoms in total. The first kappa shape index (κ1) is 20.6. The second-order valence-corrected chi connectivity index (χ2v) is 9.15. The number of rotatable bonds is 5. The number of ether oxygens (including phenoxy) is 2. The van der Waals surface area contributed by atoms with Crippen molar-refractivity contribution >= 4 is 12.2 Å². The van der Waals surface area contributed by atoms with Crippen LogP contribution in [0.5, 0.6) is 0 Å². The summed E-state index contributed by atoms with van der Waals surface area (Å²) in [7, 11) is 0. The van der Waals surface area contributed by atoms with Crippen LogP contribution in [0.15, 0.2) is 30.3 Å². The minimum atomic E-state index is -0.709. The Kier molecular flexibility index (Phi) is 5.98. The fourth-order valence-electron chi connectivity index (χ4n) is 4.76. The molecule has 0 radical (unpaired) electrons. The molecule has 0 heterocycles. The molecule has 6 heteroatoms. The van der Waals surface area contributed by atoms with Gasteiger partial charge in [-0.15, -0.1) is 0 Å². The molecular weight excluding hydrogens is 356 g/mol. The van der Waals surface area contributed by atoms with Gasteiger partial charge in [0.2, 0.25) is 0 Å². The molecule has 0 saturated heterocycles. The summed E-state index contributed by atoms with van der Waals surface area (Å²) in [6.45, 7) is 5.68. The van der Waals surface area contributed by atoms with Gasteiger partial charge in [0.1, 0.15) is 12.2 Å². The minimum absolute atomic E-state index is 0.103. The summed E-state index contributed by atoms with van der Waals surface area (Å²) >= 11 is 0. The summed E-state index contributed by atoms with van der Waals surface area (Å²) in [6, 6.07) is 9.02. The molecule has 0 aliphatic heterocycles. The number of carbonyl (C=O) groups excluding carboxylic acids is 2. The number of hydrogen-bond donors (Lipinski definition) is 1. The van der Waals surface area contributed by atoms with Gasteiger partial charge in [-0.3, -0.25) is 0 Å². The first-order valence-corrected chi connectivity index (χ1v) is 10.2. The lowest BCUT2D eigenvalue weighted by Gasteiger charge is -2.41. The Balaban J connectivity index is 1.81. The largest absolute Gasteiger partial charge is 0.444 e. The first-order valence-electron chi connectivity index (χ1n) is 10.2.